The van der Waals surface area contributed by atoms with Crippen LogP contribution in [0.5, 0.6) is 5.75 Å². The summed E-state index contributed by atoms with van der Waals surface area (Å²) >= 11 is 3.75. The predicted octanol–water partition coefficient (Wildman–Crippen LogP) is 1.85. The zero-order valence-corrected chi connectivity index (χ0v) is 9.18. The molecule has 0 saturated heterocycles. The Hall–Kier alpha value is -0.580. The van der Waals surface area contributed by atoms with E-state index in [1.165, 1.54) is 0 Å². The van der Waals surface area contributed by atoms with Crippen molar-refractivity contribution in [2.45, 2.75) is 5.38 Å². The van der Waals surface area contributed by atoms with Crippen LogP contribution in [-0.2, 0) is 11.1 Å². The van der Waals surface area contributed by atoms with Crippen molar-refractivity contribution in [2.75, 3.05) is 12.9 Å². The zero-order chi connectivity index (χ0) is 10.6. The fraction of sp³-hybridized carbons (Fsp3) is 0.333. The van der Waals surface area contributed by atoms with Crippen LogP contribution in [-0.4, -0.2) is 21.6 Å². The summed E-state index contributed by atoms with van der Waals surface area (Å²) in [7, 11) is 1.57. The molecule has 3 nitrogen and oxygen atoms in total. The normalized spacial score (nSPS) is 14.8. The smallest absolute Gasteiger partial charge is 0.118 e. The van der Waals surface area contributed by atoms with Crippen LogP contribution in [0.25, 0.3) is 0 Å². The van der Waals surface area contributed by atoms with Crippen LogP contribution in [0.1, 0.15) is 10.9 Å². The summed E-state index contributed by atoms with van der Waals surface area (Å²) in [6.45, 7) is 0. The molecule has 1 aromatic rings. The van der Waals surface area contributed by atoms with E-state index < -0.39 is 16.5 Å². The van der Waals surface area contributed by atoms with Crippen molar-refractivity contribution in [1.29, 1.82) is 0 Å². The summed E-state index contributed by atoms with van der Waals surface area (Å²) in [6, 6.07) is 7.00. The molecule has 1 aromatic carbocycles. The van der Waals surface area contributed by atoms with Crippen molar-refractivity contribution >= 4 is 22.7 Å². The van der Waals surface area contributed by atoms with E-state index in [2.05, 4.69) is 0 Å². The molecular weight excluding hydrogens is 224 g/mol. The van der Waals surface area contributed by atoms with E-state index in [1.807, 2.05) is 0 Å². The Morgan fingerprint density at radius 3 is 2.50 bits per heavy atom. The maximum absolute atomic E-state index is 10.4. The van der Waals surface area contributed by atoms with Crippen LogP contribution in [0.4, 0.5) is 0 Å². The monoisotopic (exact) mass is 233 g/mol. The third kappa shape index (κ3) is 3.29. The Labute approximate surface area is 90.3 Å². The maximum Gasteiger partial charge on any atom is 0.118 e. The Balaban J connectivity index is 2.71. The van der Waals surface area contributed by atoms with Crippen LogP contribution in [0.15, 0.2) is 24.3 Å². The van der Waals surface area contributed by atoms with E-state index in [0.29, 0.717) is 0 Å². The molecule has 0 N–H and O–H groups in total. The van der Waals surface area contributed by atoms with Gasteiger partial charge in [-0.25, -0.2) is 0 Å². The van der Waals surface area contributed by atoms with Gasteiger partial charge in [0, 0.05) is 5.75 Å². The number of ether oxygens (including phenoxy) is 1. The average molecular weight is 234 g/mol. The van der Waals surface area contributed by atoms with Crippen molar-refractivity contribution < 1.29 is 13.5 Å². The molecule has 0 fully saturated rings. The van der Waals surface area contributed by atoms with Gasteiger partial charge in [0.1, 0.15) is 5.75 Å². The Morgan fingerprint density at radius 2 is 2.07 bits per heavy atom. The number of rotatable bonds is 4. The van der Waals surface area contributed by atoms with Gasteiger partial charge in [-0.2, -0.15) is 0 Å². The third-order valence-corrected chi connectivity index (χ3v) is 2.95. The van der Waals surface area contributed by atoms with E-state index in [4.69, 9.17) is 16.3 Å². The molecular formula is C9H10ClO3S-. The lowest BCUT2D eigenvalue weighted by molar-refractivity contribution is 0.414. The maximum atomic E-state index is 10.4. The number of halogens is 1. The largest absolute Gasteiger partial charge is 0.772 e. The van der Waals surface area contributed by atoms with Gasteiger partial charge in [-0.05, 0) is 17.7 Å². The molecule has 0 aliphatic heterocycles. The molecule has 78 valence electrons. The van der Waals surface area contributed by atoms with Gasteiger partial charge < -0.3 is 9.29 Å². The quantitative estimate of drug-likeness (QED) is 0.589. The van der Waals surface area contributed by atoms with Crippen LogP contribution in [0.3, 0.4) is 0 Å². The fourth-order valence-corrected chi connectivity index (χ4v) is 1.91. The minimum Gasteiger partial charge on any atom is -0.772 e. The van der Waals surface area contributed by atoms with Crippen LogP contribution >= 0.6 is 11.6 Å². The lowest BCUT2D eigenvalue weighted by atomic mass is 10.1. The number of hydrogen-bond acceptors (Lipinski definition) is 3. The van der Waals surface area contributed by atoms with E-state index in [0.717, 1.165) is 11.3 Å². The highest BCUT2D eigenvalue weighted by molar-refractivity contribution is 7.79. The van der Waals surface area contributed by atoms with Crippen LogP contribution in [0, 0.1) is 0 Å². The molecule has 0 radical (unpaired) electrons. The van der Waals surface area contributed by atoms with Crippen molar-refractivity contribution in [3.63, 3.8) is 0 Å². The van der Waals surface area contributed by atoms with Crippen molar-refractivity contribution in [2.24, 2.45) is 0 Å². The highest BCUT2D eigenvalue weighted by Gasteiger charge is 2.07. The predicted molar refractivity (Wildman–Crippen MR) is 55.4 cm³/mol. The van der Waals surface area contributed by atoms with Crippen LogP contribution < -0.4 is 4.74 Å². The Bertz CT molecular complexity index is 312. The molecule has 0 saturated carbocycles. The second-order valence-corrected chi connectivity index (χ2v) is 4.18. The summed E-state index contributed by atoms with van der Waals surface area (Å²) in [6.07, 6.45) is 0. The molecule has 1 rings (SSSR count). The van der Waals surface area contributed by atoms with Crippen molar-refractivity contribution in [3.8, 4) is 5.75 Å². The first kappa shape index (κ1) is 11.5. The topological polar surface area (TPSA) is 49.4 Å². The van der Waals surface area contributed by atoms with Gasteiger partial charge in [0.2, 0.25) is 0 Å². The number of benzene rings is 1. The van der Waals surface area contributed by atoms with E-state index in [9.17, 15) is 8.76 Å². The number of methoxy groups -OCH3 is 1. The second-order valence-electron chi connectivity index (χ2n) is 2.71. The summed E-state index contributed by atoms with van der Waals surface area (Å²) in [4.78, 5) is 0. The van der Waals surface area contributed by atoms with Gasteiger partial charge in [-0.1, -0.05) is 23.2 Å². The van der Waals surface area contributed by atoms with E-state index in [1.54, 1.807) is 31.4 Å². The summed E-state index contributed by atoms with van der Waals surface area (Å²) in [5.74, 6) is 0.648. The SMILES string of the molecule is COc1ccc(C(Cl)CS(=O)[O-])cc1. The lowest BCUT2D eigenvalue weighted by Gasteiger charge is -2.12. The highest BCUT2D eigenvalue weighted by atomic mass is 35.5. The molecule has 0 aliphatic rings. The summed E-state index contributed by atoms with van der Waals surface area (Å²) in [5, 5.41) is -0.501. The standard InChI is InChI=1S/C9H11ClO3S/c1-13-8-4-2-7(3-5-8)9(10)6-14(11)12/h2-5,9H,6H2,1H3,(H,11,12)/p-1. The van der Waals surface area contributed by atoms with Crippen LogP contribution in [0.2, 0.25) is 0 Å². The molecule has 0 aromatic heterocycles. The first-order chi connectivity index (χ1) is 6.63. The second kappa shape index (κ2) is 5.34. The first-order valence-corrected chi connectivity index (χ1v) is 5.65. The molecule has 0 amide bonds. The molecule has 0 bridgehead atoms. The molecule has 5 heteroatoms. The van der Waals surface area contributed by atoms with Gasteiger partial charge in [0.25, 0.3) is 0 Å². The minimum atomic E-state index is -2.12. The molecule has 14 heavy (non-hydrogen) atoms. The van der Waals surface area contributed by atoms with E-state index >= 15 is 0 Å². The molecule has 0 spiro atoms. The number of alkyl halides is 1. The van der Waals surface area contributed by atoms with Gasteiger partial charge in [-0.15, -0.1) is 11.6 Å². The highest BCUT2D eigenvalue weighted by Crippen LogP contribution is 2.23. The van der Waals surface area contributed by atoms with Crippen molar-refractivity contribution in [1.82, 2.24) is 0 Å². The fourth-order valence-electron chi connectivity index (χ4n) is 1.03. The average Bonchev–Trinajstić information content (AvgIpc) is 2.17. The number of hydrogen-bond donors (Lipinski definition) is 0. The van der Waals surface area contributed by atoms with Crippen molar-refractivity contribution in [3.05, 3.63) is 29.8 Å². The Morgan fingerprint density at radius 1 is 1.50 bits per heavy atom. The molecule has 0 heterocycles. The molecule has 2 atom stereocenters. The van der Waals surface area contributed by atoms with E-state index in [-0.39, 0.29) is 5.75 Å². The summed E-state index contributed by atoms with van der Waals surface area (Å²) in [5.41, 5.74) is 0.775. The first-order valence-electron chi connectivity index (χ1n) is 3.97. The van der Waals surface area contributed by atoms with Gasteiger partial charge in [0.05, 0.1) is 12.5 Å². The Kier molecular flexibility index (Phi) is 4.38. The molecule has 0 aliphatic carbocycles. The third-order valence-electron chi connectivity index (χ3n) is 1.76. The summed E-state index contributed by atoms with van der Waals surface area (Å²) < 4.78 is 25.8. The van der Waals surface area contributed by atoms with Gasteiger partial charge >= 0.3 is 0 Å². The van der Waals surface area contributed by atoms with Gasteiger partial charge in [0.15, 0.2) is 0 Å². The molecule has 2 unspecified atom stereocenters. The van der Waals surface area contributed by atoms with Gasteiger partial charge in [-0.3, -0.25) is 4.21 Å². The zero-order valence-electron chi connectivity index (χ0n) is 7.60. The minimum absolute atomic E-state index is 0.0755. The lowest BCUT2D eigenvalue weighted by Crippen LogP contribution is -2.03.